The Bertz CT molecular complexity index is 784. The van der Waals surface area contributed by atoms with Gasteiger partial charge in [-0.3, -0.25) is 4.99 Å². The number of aliphatic hydroxyl groups is 1. The molecule has 1 aromatic carbocycles. The fourth-order valence-electron chi connectivity index (χ4n) is 2.72. The van der Waals surface area contributed by atoms with Crippen LogP contribution in [0.15, 0.2) is 34.0 Å². The summed E-state index contributed by atoms with van der Waals surface area (Å²) in [5.41, 5.74) is 1.21. The normalized spacial score (nSPS) is 15.8. The maximum absolute atomic E-state index is 13.8. The molecule has 27 heavy (non-hydrogen) atoms. The lowest BCUT2D eigenvalue weighted by Crippen LogP contribution is -2.44. The topological polar surface area (TPSA) is 75.1 Å². The Morgan fingerprint density at radius 3 is 2.93 bits per heavy atom. The summed E-state index contributed by atoms with van der Waals surface area (Å²) in [4.78, 5) is 4.15. The summed E-state index contributed by atoms with van der Waals surface area (Å²) in [6.45, 7) is 2.85. The van der Waals surface area contributed by atoms with Crippen molar-refractivity contribution >= 4 is 41.3 Å². The van der Waals surface area contributed by atoms with Crippen molar-refractivity contribution in [2.24, 2.45) is 4.99 Å². The van der Waals surface area contributed by atoms with E-state index < -0.39 is 5.60 Å². The number of guanidine groups is 1. The monoisotopic (exact) mass is 507 g/mol. The summed E-state index contributed by atoms with van der Waals surface area (Å²) >= 11 is 1.54. The van der Waals surface area contributed by atoms with Crippen LogP contribution in [0.3, 0.4) is 0 Å². The summed E-state index contributed by atoms with van der Waals surface area (Å²) in [6, 6.07) is 4.75. The van der Waals surface area contributed by atoms with E-state index >= 15 is 0 Å². The van der Waals surface area contributed by atoms with Gasteiger partial charge in [0, 0.05) is 24.7 Å². The molecule has 9 heteroatoms. The second-order valence-corrected chi connectivity index (χ2v) is 7.01. The Labute approximate surface area is 178 Å². The van der Waals surface area contributed by atoms with Crippen LogP contribution in [0, 0.1) is 5.82 Å². The minimum absolute atomic E-state index is 0. The third-order valence-electron chi connectivity index (χ3n) is 4.16. The van der Waals surface area contributed by atoms with Gasteiger partial charge in [0.15, 0.2) is 12.8 Å². The van der Waals surface area contributed by atoms with Crippen molar-refractivity contribution < 1.29 is 19.0 Å². The Hall–Kier alpha value is -1.43. The maximum Gasteiger partial charge on any atom is 0.191 e. The standard InChI is InChI=1S/C18H22FN3O3S.HI/c1-18(23,14-3-4-26-9-14)10-22-17(20-2)21-7-12-5-15(19)6-13-8-24-11-25-16(12)13;/h3-6,9,23H,7-8,10-11H2,1-2H3,(H2,20,21,22);1H. The van der Waals surface area contributed by atoms with E-state index in [-0.39, 0.29) is 43.1 Å². The minimum Gasteiger partial charge on any atom is -0.467 e. The minimum atomic E-state index is -1.02. The molecule has 2 heterocycles. The van der Waals surface area contributed by atoms with Crippen molar-refractivity contribution in [1.82, 2.24) is 10.6 Å². The van der Waals surface area contributed by atoms with Gasteiger partial charge in [0.25, 0.3) is 0 Å². The molecular weight excluding hydrogens is 484 g/mol. The molecular formula is C18H23FIN3O3S. The van der Waals surface area contributed by atoms with E-state index in [9.17, 15) is 9.50 Å². The summed E-state index contributed by atoms with van der Waals surface area (Å²) in [5.74, 6) is 0.814. The molecule has 0 fully saturated rings. The van der Waals surface area contributed by atoms with E-state index in [4.69, 9.17) is 9.47 Å². The molecule has 0 amide bonds. The number of aliphatic imine (C=N–C) groups is 1. The molecule has 1 atom stereocenters. The van der Waals surface area contributed by atoms with Crippen LogP contribution in [0.25, 0.3) is 0 Å². The number of fused-ring (bicyclic) bond motifs is 1. The van der Waals surface area contributed by atoms with Gasteiger partial charge in [-0.2, -0.15) is 11.3 Å². The van der Waals surface area contributed by atoms with E-state index in [2.05, 4.69) is 15.6 Å². The molecule has 3 N–H and O–H groups in total. The predicted octanol–water partition coefficient (Wildman–Crippen LogP) is 2.94. The van der Waals surface area contributed by atoms with Crippen LogP contribution in [0.2, 0.25) is 0 Å². The van der Waals surface area contributed by atoms with Gasteiger partial charge in [-0.15, -0.1) is 24.0 Å². The molecule has 1 aliphatic heterocycles. The molecule has 3 rings (SSSR count). The molecule has 2 aromatic rings. The number of ether oxygens (including phenoxy) is 2. The molecule has 1 aliphatic rings. The average molecular weight is 507 g/mol. The maximum atomic E-state index is 13.8. The highest BCUT2D eigenvalue weighted by Crippen LogP contribution is 2.29. The number of nitrogens with one attached hydrogen (secondary N) is 2. The Balaban J connectivity index is 0.00000261. The highest BCUT2D eigenvalue weighted by Gasteiger charge is 2.24. The van der Waals surface area contributed by atoms with Crippen molar-refractivity contribution in [2.75, 3.05) is 20.4 Å². The summed E-state index contributed by atoms with van der Waals surface area (Å²) in [6.07, 6.45) is 0. The first-order valence-corrected chi connectivity index (χ1v) is 9.15. The first-order chi connectivity index (χ1) is 12.5. The first kappa shape index (κ1) is 21.9. The zero-order chi connectivity index (χ0) is 18.6. The van der Waals surface area contributed by atoms with Crippen LogP contribution in [-0.4, -0.2) is 31.5 Å². The Morgan fingerprint density at radius 1 is 1.41 bits per heavy atom. The van der Waals surface area contributed by atoms with E-state index in [0.717, 1.165) is 5.56 Å². The molecule has 1 aromatic heterocycles. The Morgan fingerprint density at radius 2 is 2.22 bits per heavy atom. The van der Waals surface area contributed by atoms with Crippen LogP contribution >= 0.6 is 35.3 Å². The van der Waals surface area contributed by atoms with E-state index in [1.165, 1.54) is 23.5 Å². The fourth-order valence-corrected chi connectivity index (χ4v) is 3.50. The number of hydrogen-bond donors (Lipinski definition) is 3. The number of benzene rings is 1. The number of halogens is 2. The second kappa shape index (κ2) is 9.67. The summed E-state index contributed by atoms with van der Waals surface area (Å²) in [5, 5.41) is 20.6. The van der Waals surface area contributed by atoms with Gasteiger partial charge < -0.3 is 25.2 Å². The molecule has 0 spiro atoms. The van der Waals surface area contributed by atoms with Crippen molar-refractivity contribution in [1.29, 1.82) is 0 Å². The van der Waals surface area contributed by atoms with Gasteiger partial charge in [-0.25, -0.2) is 4.39 Å². The highest BCUT2D eigenvalue weighted by molar-refractivity contribution is 14.0. The van der Waals surface area contributed by atoms with Crippen molar-refractivity contribution in [2.45, 2.75) is 25.7 Å². The molecule has 0 aliphatic carbocycles. The van der Waals surface area contributed by atoms with Crippen molar-refractivity contribution in [3.8, 4) is 5.75 Å². The summed E-state index contributed by atoms with van der Waals surface area (Å²) < 4.78 is 24.5. The zero-order valence-corrected chi connectivity index (χ0v) is 18.3. The molecule has 0 bridgehead atoms. The molecule has 0 radical (unpaired) electrons. The van der Waals surface area contributed by atoms with Gasteiger partial charge in [-0.1, -0.05) is 0 Å². The lowest BCUT2D eigenvalue weighted by Gasteiger charge is -2.25. The van der Waals surface area contributed by atoms with E-state index in [1.807, 2.05) is 16.8 Å². The van der Waals surface area contributed by atoms with E-state index in [0.29, 0.717) is 36.0 Å². The van der Waals surface area contributed by atoms with Gasteiger partial charge in [0.1, 0.15) is 17.2 Å². The number of hydrogen-bond acceptors (Lipinski definition) is 5. The van der Waals surface area contributed by atoms with Crippen LogP contribution in [-0.2, 0) is 23.5 Å². The van der Waals surface area contributed by atoms with Crippen LogP contribution in [0.5, 0.6) is 5.75 Å². The zero-order valence-electron chi connectivity index (χ0n) is 15.1. The third kappa shape index (κ3) is 5.53. The van der Waals surface area contributed by atoms with Crippen LogP contribution in [0.4, 0.5) is 4.39 Å². The third-order valence-corrected chi connectivity index (χ3v) is 4.85. The van der Waals surface area contributed by atoms with Gasteiger partial charge in [0.2, 0.25) is 0 Å². The highest BCUT2D eigenvalue weighted by atomic mass is 127. The Kier molecular flexibility index (Phi) is 7.83. The van der Waals surface area contributed by atoms with Crippen LogP contribution < -0.4 is 15.4 Å². The largest absolute Gasteiger partial charge is 0.467 e. The van der Waals surface area contributed by atoms with Gasteiger partial charge in [0.05, 0.1) is 13.2 Å². The smallest absolute Gasteiger partial charge is 0.191 e. The average Bonchev–Trinajstić information content (AvgIpc) is 3.17. The van der Waals surface area contributed by atoms with Gasteiger partial charge in [-0.05, 0) is 41.4 Å². The quantitative estimate of drug-likeness (QED) is 0.330. The van der Waals surface area contributed by atoms with E-state index in [1.54, 1.807) is 14.0 Å². The lowest BCUT2D eigenvalue weighted by atomic mass is 9.99. The predicted molar refractivity (Wildman–Crippen MR) is 114 cm³/mol. The first-order valence-electron chi connectivity index (χ1n) is 8.21. The second-order valence-electron chi connectivity index (χ2n) is 6.23. The van der Waals surface area contributed by atoms with Crippen molar-refractivity contribution in [3.05, 3.63) is 51.5 Å². The number of thiophene rings is 1. The molecule has 0 saturated carbocycles. The number of nitrogens with zero attached hydrogens (tertiary/aromatic N) is 1. The lowest BCUT2D eigenvalue weighted by molar-refractivity contribution is -0.0173. The SMILES string of the molecule is CN=C(NCc1cc(F)cc2c1OCOC2)NCC(C)(O)c1ccsc1.I. The summed E-state index contributed by atoms with van der Waals surface area (Å²) in [7, 11) is 1.64. The van der Waals surface area contributed by atoms with Crippen molar-refractivity contribution in [3.63, 3.8) is 0 Å². The molecule has 6 nitrogen and oxygen atoms in total. The fraction of sp³-hybridized carbons (Fsp3) is 0.389. The van der Waals surface area contributed by atoms with Crippen LogP contribution in [0.1, 0.15) is 23.6 Å². The molecule has 0 saturated heterocycles. The molecule has 148 valence electrons. The number of rotatable bonds is 5. The molecule has 1 unspecified atom stereocenters. The van der Waals surface area contributed by atoms with Gasteiger partial charge >= 0.3 is 0 Å².